The molecule has 57 valence electrons. The molecule has 0 spiro atoms. The van der Waals surface area contributed by atoms with Gasteiger partial charge in [-0.15, -0.1) is 0 Å². The third-order valence-electron chi connectivity index (χ3n) is 0.524. The van der Waals surface area contributed by atoms with E-state index in [1.54, 1.807) is 13.8 Å². The predicted octanol–water partition coefficient (Wildman–Crippen LogP) is -0.0766. The number of rotatable bonds is 4. The molecule has 0 saturated heterocycles. The van der Waals surface area contributed by atoms with E-state index in [0.29, 0.717) is 0 Å². The Morgan fingerprint density at radius 2 is 1.40 bits per heavy atom. The molecule has 0 unspecified atom stereocenters. The van der Waals surface area contributed by atoms with Gasteiger partial charge in [0.15, 0.2) is 0 Å². The van der Waals surface area contributed by atoms with Gasteiger partial charge in [-0.25, -0.2) is 8.37 Å². The molecule has 0 amide bonds. The molecule has 0 aliphatic rings. The van der Waals surface area contributed by atoms with Crippen LogP contribution in [0.25, 0.3) is 0 Å². The zero-order chi connectivity index (χ0) is 7.33. The second-order valence-corrected chi connectivity index (χ2v) is 2.51. The van der Waals surface area contributed by atoms with Crippen LogP contribution in [-0.2, 0) is 18.8 Å². The van der Waals surface area contributed by atoms with Crippen molar-refractivity contribution in [3.63, 3.8) is 0 Å². The molecular formula is C4H10NaO4S. The summed E-state index contributed by atoms with van der Waals surface area (Å²) in [6.07, 6.45) is 0. The third-order valence-corrected chi connectivity index (χ3v) is 1.57. The molecule has 0 aliphatic carbocycles. The molecule has 0 aliphatic heterocycles. The van der Waals surface area contributed by atoms with Gasteiger partial charge in [0.2, 0.25) is 0 Å². The van der Waals surface area contributed by atoms with E-state index in [-0.39, 0.29) is 42.8 Å². The number of hydrogen-bond acceptors (Lipinski definition) is 4. The molecule has 0 fully saturated rings. The Labute approximate surface area is 83.5 Å². The van der Waals surface area contributed by atoms with Crippen LogP contribution in [0.5, 0.6) is 0 Å². The molecular weight excluding hydrogens is 167 g/mol. The molecule has 0 bridgehead atoms. The second kappa shape index (κ2) is 6.57. The van der Waals surface area contributed by atoms with Crippen LogP contribution in [0, 0.1) is 0 Å². The van der Waals surface area contributed by atoms with E-state index in [1.165, 1.54) is 0 Å². The molecule has 0 aromatic rings. The minimum atomic E-state index is -3.68. The molecule has 0 aromatic carbocycles. The maximum atomic E-state index is 10.4. The van der Waals surface area contributed by atoms with Crippen molar-refractivity contribution in [1.29, 1.82) is 0 Å². The summed E-state index contributed by atoms with van der Waals surface area (Å²) in [5.74, 6) is 0. The van der Waals surface area contributed by atoms with Crippen LogP contribution in [0.1, 0.15) is 13.8 Å². The van der Waals surface area contributed by atoms with E-state index in [4.69, 9.17) is 0 Å². The van der Waals surface area contributed by atoms with Crippen molar-refractivity contribution in [3.05, 3.63) is 0 Å². The fourth-order valence-electron chi connectivity index (χ4n) is 0.323. The Bertz CT molecular complexity index is 141. The summed E-state index contributed by atoms with van der Waals surface area (Å²) >= 11 is 0. The Morgan fingerprint density at radius 3 is 1.60 bits per heavy atom. The molecule has 10 heavy (non-hydrogen) atoms. The van der Waals surface area contributed by atoms with Gasteiger partial charge in [-0.3, -0.25) is 0 Å². The van der Waals surface area contributed by atoms with Gasteiger partial charge in [0.25, 0.3) is 0 Å². The summed E-state index contributed by atoms with van der Waals surface area (Å²) in [4.78, 5) is 0. The maximum absolute atomic E-state index is 10.4. The van der Waals surface area contributed by atoms with Crippen molar-refractivity contribution in [3.8, 4) is 0 Å². The largest absolute Gasteiger partial charge is 0.399 e. The summed E-state index contributed by atoms with van der Waals surface area (Å²) < 4.78 is 29.2. The van der Waals surface area contributed by atoms with Gasteiger partial charge in [0, 0.05) is 29.6 Å². The molecule has 0 saturated carbocycles. The average Bonchev–Trinajstić information content (AvgIpc) is 1.64. The first kappa shape index (κ1) is 13.5. The smallest absolute Gasteiger partial charge is 0.248 e. The molecule has 1 radical (unpaired) electrons. The zero-order valence-corrected chi connectivity index (χ0v) is 9.27. The first-order valence-electron chi connectivity index (χ1n) is 2.66. The van der Waals surface area contributed by atoms with Crippen LogP contribution in [0.2, 0.25) is 0 Å². The minimum absolute atomic E-state index is 0. The molecule has 0 N–H and O–H groups in total. The van der Waals surface area contributed by atoms with Gasteiger partial charge >= 0.3 is 10.4 Å². The van der Waals surface area contributed by atoms with Crippen LogP contribution in [0.15, 0.2) is 0 Å². The van der Waals surface area contributed by atoms with Gasteiger partial charge < -0.3 is 0 Å². The Morgan fingerprint density at radius 1 is 1.10 bits per heavy atom. The molecule has 4 nitrogen and oxygen atoms in total. The van der Waals surface area contributed by atoms with Gasteiger partial charge in [0.05, 0.1) is 13.2 Å². The van der Waals surface area contributed by atoms with Crippen LogP contribution in [-0.4, -0.2) is 51.2 Å². The van der Waals surface area contributed by atoms with Crippen molar-refractivity contribution < 1.29 is 16.8 Å². The van der Waals surface area contributed by atoms with Gasteiger partial charge in [0.1, 0.15) is 0 Å². The van der Waals surface area contributed by atoms with E-state index in [0.717, 1.165) is 0 Å². The summed E-state index contributed by atoms with van der Waals surface area (Å²) in [7, 11) is -3.68. The Balaban J connectivity index is 0. The van der Waals surface area contributed by atoms with E-state index in [2.05, 4.69) is 8.37 Å². The number of hydrogen-bond donors (Lipinski definition) is 0. The molecule has 6 heteroatoms. The quantitative estimate of drug-likeness (QED) is 0.564. The van der Waals surface area contributed by atoms with E-state index >= 15 is 0 Å². The average molecular weight is 177 g/mol. The summed E-state index contributed by atoms with van der Waals surface area (Å²) in [6.45, 7) is 3.39. The summed E-state index contributed by atoms with van der Waals surface area (Å²) in [6, 6.07) is 0. The maximum Gasteiger partial charge on any atom is 0.399 e. The van der Waals surface area contributed by atoms with Crippen molar-refractivity contribution >= 4 is 40.0 Å². The van der Waals surface area contributed by atoms with Crippen LogP contribution in [0.3, 0.4) is 0 Å². The Hall–Kier alpha value is 0.870. The standard InChI is InChI=1S/C4H10O4S.Na/c1-3-7-9(5,6)8-4-2;/h3-4H2,1-2H3;. The third kappa shape index (κ3) is 6.98. The first-order chi connectivity index (χ1) is 4.12. The minimum Gasteiger partial charge on any atom is -0.248 e. The molecule has 0 heterocycles. The van der Waals surface area contributed by atoms with Gasteiger partial charge in [-0.05, 0) is 13.8 Å². The summed E-state index contributed by atoms with van der Waals surface area (Å²) in [5.41, 5.74) is 0. The fourth-order valence-corrected chi connectivity index (χ4v) is 0.968. The second-order valence-electron chi connectivity index (χ2n) is 1.22. The normalized spacial score (nSPS) is 10.6. The molecule has 0 atom stereocenters. The van der Waals surface area contributed by atoms with Crippen LogP contribution in [0.4, 0.5) is 0 Å². The Kier molecular flexibility index (Phi) is 8.85. The van der Waals surface area contributed by atoms with Crippen molar-refractivity contribution in [2.24, 2.45) is 0 Å². The SMILES string of the molecule is CCOS(=O)(=O)OCC.[Na]. The monoisotopic (exact) mass is 177 g/mol. The molecule has 0 aromatic heterocycles. The fraction of sp³-hybridized carbons (Fsp3) is 1.00. The van der Waals surface area contributed by atoms with E-state index in [1.807, 2.05) is 0 Å². The predicted molar refractivity (Wildman–Crippen MR) is 37.9 cm³/mol. The van der Waals surface area contributed by atoms with Gasteiger partial charge in [-0.2, -0.15) is 8.42 Å². The van der Waals surface area contributed by atoms with E-state index < -0.39 is 10.4 Å². The van der Waals surface area contributed by atoms with Crippen molar-refractivity contribution in [2.45, 2.75) is 13.8 Å². The van der Waals surface area contributed by atoms with E-state index in [9.17, 15) is 8.42 Å². The molecule has 0 rings (SSSR count). The van der Waals surface area contributed by atoms with Crippen molar-refractivity contribution in [2.75, 3.05) is 13.2 Å². The first-order valence-corrected chi connectivity index (χ1v) is 3.99. The summed E-state index contributed by atoms with van der Waals surface area (Å²) in [5, 5.41) is 0. The topological polar surface area (TPSA) is 52.6 Å². The van der Waals surface area contributed by atoms with Gasteiger partial charge in [-0.1, -0.05) is 0 Å². The van der Waals surface area contributed by atoms with Crippen LogP contribution < -0.4 is 0 Å². The van der Waals surface area contributed by atoms with Crippen LogP contribution >= 0.6 is 0 Å². The van der Waals surface area contributed by atoms with Crippen molar-refractivity contribution in [1.82, 2.24) is 0 Å². The zero-order valence-electron chi connectivity index (χ0n) is 6.46.